The first kappa shape index (κ1) is 14.2. The third-order valence-corrected chi connectivity index (χ3v) is 3.42. The Morgan fingerprint density at radius 1 is 1.35 bits per heavy atom. The van der Waals surface area contributed by atoms with Gasteiger partial charge in [-0.2, -0.15) is 0 Å². The first-order chi connectivity index (χ1) is 8.26. The lowest BCUT2D eigenvalue weighted by Gasteiger charge is -2.16. The van der Waals surface area contributed by atoms with Crippen molar-refractivity contribution in [3.63, 3.8) is 0 Å². The second kappa shape index (κ2) is 8.29. The Morgan fingerprint density at radius 3 is 2.65 bits per heavy atom. The Balaban J connectivity index is 2.15. The summed E-state index contributed by atoms with van der Waals surface area (Å²) in [5.41, 5.74) is 5.59. The second-order valence-corrected chi connectivity index (χ2v) is 4.98. The summed E-state index contributed by atoms with van der Waals surface area (Å²) in [6.07, 6.45) is 11.3. The standard InChI is InChI=1S/C14H26N2O/c1-2-5-12(10-11-15)8-9-14(17)16-13-6-3-4-7-13/h3-4,12-13H,2,5-11,15H2,1H3,(H,16,17). The van der Waals surface area contributed by atoms with Crippen molar-refractivity contribution in [2.24, 2.45) is 11.7 Å². The summed E-state index contributed by atoms with van der Waals surface area (Å²) in [6.45, 7) is 2.92. The number of hydrogen-bond acceptors (Lipinski definition) is 2. The van der Waals surface area contributed by atoms with E-state index in [9.17, 15) is 4.79 Å². The molecule has 17 heavy (non-hydrogen) atoms. The highest BCUT2D eigenvalue weighted by Gasteiger charge is 2.14. The minimum Gasteiger partial charge on any atom is -0.353 e. The van der Waals surface area contributed by atoms with Crippen LogP contribution in [0.25, 0.3) is 0 Å². The quantitative estimate of drug-likeness (QED) is 0.638. The SMILES string of the molecule is CCCC(CCN)CCC(=O)NC1CC=CC1. The van der Waals surface area contributed by atoms with Gasteiger partial charge in [0.25, 0.3) is 0 Å². The van der Waals surface area contributed by atoms with E-state index in [2.05, 4.69) is 24.4 Å². The summed E-state index contributed by atoms with van der Waals surface area (Å²) in [5.74, 6) is 0.828. The fourth-order valence-corrected chi connectivity index (χ4v) is 2.45. The van der Waals surface area contributed by atoms with E-state index in [1.54, 1.807) is 0 Å². The lowest BCUT2D eigenvalue weighted by Crippen LogP contribution is -2.33. The van der Waals surface area contributed by atoms with Crippen LogP contribution >= 0.6 is 0 Å². The Morgan fingerprint density at radius 2 is 2.06 bits per heavy atom. The van der Waals surface area contributed by atoms with Crippen molar-refractivity contribution in [1.29, 1.82) is 0 Å². The van der Waals surface area contributed by atoms with Gasteiger partial charge in [0.05, 0.1) is 0 Å². The van der Waals surface area contributed by atoms with Gasteiger partial charge in [-0.15, -0.1) is 0 Å². The molecule has 1 rings (SSSR count). The molecule has 0 radical (unpaired) electrons. The maximum atomic E-state index is 11.7. The largest absolute Gasteiger partial charge is 0.353 e. The fraction of sp³-hybridized carbons (Fsp3) is 0.786. The third kappa shape index (κ3) is 5.87. The predicted molar refractivity (Wildman–Crippen MR) is 71.6 cm³/mol. The van der Waals surface area contributed by atoms with Crippen molar-refractivity contribution in [2.75, 3.05) is 6.54 Å². The van der Waals surface area contributed by atoms with Crippen molar-refractivity contribution in [3.05, 3.63) is 12.2 Å². The molecule has 98 valence electrons. The van der Waals surface area contributed by atoms with E-state index in [4.69, 9.17) is 5.73 Å². The molecule has 1 unspecified atom stereocenters. The van der Waals surface area contributed by atoms with Crippen molar-refractivity contribution in [3.8, 4) is 0 Å². The summed E-state index contributed by atoms with van der Waals surface area (Å²) >= 11 is 0. The number of carbonyl (C=O) groups excluding carboxylic acids is 1. The molecule has 3 N–H and O–H groups in total. The summed E-state index contributed by atoms with van der Waals surface area (Å²) in [7, 11) is 0. The molecule has 0 bridgehead atoms. The number of nitrogens with two attached hydrogens (primary N) is 1. The van der Waals surface area contributed by atoms with Gasteiger partial charge in [0.1, 0.15) is 0 Å². The molecule has 0 fully saturated rings. The van der Waals surface area contributed by atoms with Gasteiger partial charge in [-0.05, 0) is 38.1 Å². The Hall–Kier alpha value is -0.830. The van der Waals surface area contributed by atoms with E-state index >= 15 is 0 Å². The van der Waals surface area contributed by atoms with E-state index in [1.807, 2.05) is 0 Å². The molecular formula is C14H26N2O. The number of hydrogen-bond donors (Lipinski definition) is 2. The molecule has 0 aromatic carbocycles. The van der Waals surface area contributed by atoms with E-state index in [1.165, 1.54) is 12.8 Å². The van der Waals surface area contributed by atoms with Crippen LogP contribution in [0.15, 0.2) is 12.2 Å². The van der Waals surface area contributed by atoms with E-state index in [0.29, 0.717) is 18.4 Å². The van der Waals surface area contributed by atoms with Crippen LogP contribution < -0.4 is 11.1 Å². The van der Waals surface area contributed by atoms with Gasteiger partial charge >= 0.3 is 0 Å². The Labute approximate surface area is 105 Å². The molecule has 1 amide bonds. The molecule has 0 aromatic heterocycles. The molecule has 0 spiro atoms. The predicted octanol–water partition coefficient (Wildman–Crippen LogP) is 2.37. The topological polar surface area (TPSA) is 55.1 Å². The molecule has 0 heterocycles. The van der Waals surface area contributed by atoms with Crippen LogP contribution in [-0.4, -0.2) is 18.5 Å². The van der Waals surface area contributed by atoms with Gasteiger partial charge in [0.15, 0.2) is 0 Å². The molecule has 1 aliphatic carbocycles. The van der Waals surface area contributed by atoms with Crippen LogP contribution in [-0.2, 0) is 4.79 Å². The van der Waals surface area contributed by atoms with E-state index in [0.717, 1.165) is 32.2 Å². The van der Waals surface area contributed by atoms with Crippen LogP contribution in [0.1, 0.15) is 51.9 Å². The molecule has 1 aliphatic rings. The van der Waals surface area contributed by atoms with Crippen molar-refractivity contribution >= 4 is 5.91 Å². The van der Waals surface area contributed by atoms with Gasteiger partial charge in [0, 0.05) is 12.5 Å². The van der Waals surface area contributed by atoms with Crippen LogP contribution in [0, 0.1) is 5.92 Å². The van der Waals surface area contributed by atoms with Gasteiger partial charge in [-0.1, -0.05) is 31.9 Å². The highest BCUT2D eigenvalue weighted by Crippen LogP contribution is 2.17. The highest BCUT2D eigenvalue weighted by atomic mass is 16.1. The Kier molecular flexibility index (Phi) is 6.94. The zero-order valence-electron chi connectivity index (χ0n) is 11.0. The summed E-state index contributed by atoms with van der Waals surface area (Å²) < 4.78 is 0. The molecule has 0 aliphatic heterocycles. The zero-order valence-corrected chi connectivity index (χ0v) is 11.0. The second-order valence-electron chi connectivity index (χ2n) is 4.98. The lowest BCUT2D eigenvalue weighted by molar-refractivity contribution is -0.122. The maximum Gasteiger partial charge on any atom is 0.220 e. The third-order valence-electron chi connectivity index (χ3n) is 3.42. The zero-order chi connectivity index (χ0) is 12.5. The first-order valence-electron chi connectivity index (χ1n) is 6.90. The smallest absolute Gasteiger partial charge is 0.220 e. The monoisotopic (exact) mass is 238 g/mol. The van der Waals surface area contributed by atoms with Gasteiger partial charge < -0.3 is 11.1 Å². The van der Waals surface area contributed by atoms with Crippen molar-refractivity contribution < 1.29 is 4.79 Å². The number of carbonyl (C=O) groups is 1. The molecule has 1 atom stereocenters. The van der Waals surface area contributed by atoms with E-state index in [-0.39, 0.29) is 5.91 Å². The Bertz CT molecular complexity index is 237. The van der Waals surface area contributed by atoms with Gasteiger partial charge in [-0.3, -0.25) is 4.79 Å². The maximum absolute atomic E-state index is 11.7. The summed E-state index contributed by atoms with van der Waals surface area (Å²) in [5, 5.41) is 3.09. The van der Waals surface area contributed by atoms with Crippen LogP contribution in [0.4, 0.5) is 0 Å². The van der Waals surface area contributed by atoms with Crippen molar-refractivity contribution in [2.45, 2.75) is 57.9 Å². The molecule has 3 heteroatoms. The van der Waals surface area contributed by atoms with E-state index < -0.39 is 0 Å². The number of amides is 1. The molecule has 0 saturated heterocycles. The van der Waals surface area contributed by atoms with Crippen molar-refractivity contribution in [1.82, 2.24) is 5.32 Å². The average molecular weight is 238 g/mol. The normalized spacial score (nSPS) is 17.3. The lowest BCUT2D eigenvalue weighted by atomic mass is 9.94. The number of rotatable bonds is 8. The number of nitrogens with one attached hydrogen (secondary N) is 1. The fourth-order valence-electron chi connectivity index (χ4n) is 2.45. The molecule has 0 saturated carbocycles. The summed E-state index contributed by atoms with van der Waals surface area (Å²) in [6, 6.07) is 0.349. The highest BCUT2D eigenvalue weighted by molar-refractivity contribution is 5.76. The van der Waals surface area contributed by atoms with Crippen LogP contribution in [0.3, 0.4) is 0 Å². The van der Waals surface area contributed by atoms with Gasteiger partial charge in [-0.25, -0.2) is 0 Å². The molecule has 3 nitrogen and oxygen atoms in total. The van der Waals surface area contributed by atoms with Gasteiger partial charge in [0.2, 0.25) is 5.91 Å². The van der Waals surface area contributed by atoms with Crippen LogP contribution in [0.5, 0.6) is 0 Å². The average Bonchev–Trinajstić information content (AvgIpc) is 2.79. The van der Waals surface area contributed by atoms with Crippen LogP contribution in [0.2, 0.25) is 0 Å². The first-order valence-corrected chi connectivity index (χ1v) is 6.90. The minimum absolute atomic E-state index is 0.205. The minimum atomic E-state index is 0.205. The molecule has 0 aromatic rings. The summed E-state index contributed by atoms with van der Waals surface area (Å²) in [4.78, 5) is 11.7. The molecular weight excluding hydrogens is 212 g/mol.